The molecule has 0 saturated heterocycles. The van der Waals surface area contributed by atoms with Gasteiger partial charge in [0.25, 0.3) is 0 Å². The molecule has 0 unspecified atom stereocenters. The summed E-state index contributed by atoms with van der Waals surface area (Å²) in [6.45, 7) is 0.0551. The van der Waals surface area contributed by atoms with Crippen molar-refractivity contribution >= 4 is 21.6 Å². The Morgan fingerprint density at radius 1 is 1.37 bits per heavy atom. The molecule has 0 aliphatic heterocycles. The van der Waals surface area contributed by atoms with E-state index in [9.17, 15) is 13.5 Å². The molecule has 2 rings (SSSR count). The highest BCUT2D eigenvalue weighted by atomic mass is 35.5. The van der Waals surface area contributed by atoms with Crippen LogP contribution in [0.1, 0.15) is 25.7 Å². The Hall–Kier alpha value is -0.620. The van der Waals surface area contributed by atoms with E-state index in [0.717, 1.165) is 25.7 Å². The maximum absolute atomic E-state index is 12.0. The quantitative estimate of drug-likeness (QED) is 0.876. The molecule has 0 bridgehead atoms. The third-order valence-electron chi connectivity index (χ3n) is 3.53. The highest BCUT2D eigenvalue weighted by molar-refractivity contribution is 7.89. The van der Waals surface area contributed by atoms with Gasteiger partial charge in [0.15, 0.2) is 0 Å². The molecule has 1 fully saturated rings. The lowest BCUT2D eigenvalue weighted by Crippen LogP contribution is -2.35. The number of aliphatic hydroxyl groups excluding tert-OH is 1. The zero-order chi connectivity index (χ0) is 13.9. The standard InChI is InChI=1S/C13H18ClNO3S/c14-11-6-3-7-12(8-11)19(17,18)15-9-13(16)10-4-1-2-5-10/h3,6-8,10,13,15-16H,1-2,4-5,9H2/t13-/m0/s1. The maximum atomic E-state index is 12.0. The van der Waals surface area contributed by atoms with Gasteiger partial charge in [-0.1, -0.05) is 30.5 Å². The molecule has 19 heavy (non-hydrogen) atoms. The molecule has 1 aliphatic rings. The molecule has 0 amide bonds. The number of aliphatic hydroxyl groups is 1. The molecule has 6 heteroatoms. The fourth-order valence-electron chi connectivity index (χ4n) is 2.42. The van der Waals surface area contributed by atoms with E-state index < -0.39 is 16.1 Å². The summed E-state index contributed by atoms with van der Waals surface area (Å²) in [5.41, 5.74) is 0. The molecule has 1 saturated carbocycles. The average Bonchev–Trinajstić information content (AvgIpc) is 2.90. The number of hydrogen-bond donors (Lipinski definition) is 2. The maximum Gasteiger partial charge on any atom is 0.240 e. The van der Waals surface area contributed by atoms with Gasteiger partial charge in [0.2, 0.25) is 10.0 Å². The Bertz CT molecular complexity index is 526. The second-order valence-corrected chi connectivity index (χ2v) is 7.12. The van der Waals surface area contributed by atoms with Gasteiger partial charge >= 0.3 is 0 Å². The first-order valence-corrected chi connectivity index (χ1v) is 8.28. The van der Waals surface area contributed by atoms with Gasteiger partial charge < -0.3 is 5.11 Å². The van der Waals surface area contributed by atoms with Crippen molar-refractivity contribution in [3.8, 4) is 0 Å². The minimum Gasteiger partial charge on any atom is -0.391 e. The van der Waals surface area contributed by atoms with Crippen molar-refractivity contribution in [2.24, 2.45) is 5.92 Å². The highest BCUT2D eigenvalue weighted by Crippen LogP contribution is 2.27. The molecule has 0 radical (unpaired) electrons. The zero-order valence-corrected chi connectivity index (χ0v) is 12.1. The Morgan fingerprint density at radius 3 is 2.68 bits per heavy atom. The van der Waals surface area contributed by atoms with Gasteiger partial charge in [-0.15, -0.1) is 0 Å². The smallest absolute Gasteiger partial charge is 0.240 e. The lowest BCUT2D eigenvalue weighted by molar-refractivity contribution is 0.115. The first-order valence-electron chi connectivity index (χ1n) is 6.42. The topological polar surface area (TPSA) is 66.4 Å². The molecule has 1 atom stereocenters. The predicted molar refractivity (Wildman–Crippen MR) is 74.6 cm³/mol. The summed E-state index contributed by atoms with van der Waals surface area (Å²) in [4.78, 5) is 0.124. The van der Waals surface area contributed by atoms with Crippen molar-refractivity contribution in [3.05, 3.63) is 29.3 Å². The summed E-state index contributed by atoms with van der Waals surface area (Å²) >= 11 is 5.78. The van der Waals surface area contributed by atoms with Gasteiger partial charge in [0, 0.05) is 11.6 Å². The Balaban J connectivity index is 1.97. The zero-order valence-electron chi connectivity index (χ0n) is 10.5. The predicted octanol–water partition coefficient (Wildman–Crippen LogP) is 2.17. The normalized spacial score (nSPS) is 18.6. The van der Waals surface area contributed by atoms with Crippen molar-refractivity contribution in [1.82, 2.24) is 4.72 Å². The van der Waals surface area contributed by atoms with Gasteiger partial charge in [-0.2, -0.15) is 0 Å². The molecular formula is C13H18ClNO3S. The molecule has 1 aromatic carbocycles. The van der Waals surface area contributed by atoms with Crippen molar-refractivity contribution in [1.29, 1.82) is 0 Å². The lowest BCUT2D eigenvalue weighted by Gasteiger charge is -2.18. The second kappa shape index (κ2) is 6.22. The minimum atomic E-state index is -3.60. The van der Waals surface area contributed by atoms with Gasteiger partial charge in [-0.25, -0.2) is 13.1 Å². The molecule has 4 nitrogen and oxygen atoms in total. The van der Waals surface area contributed by atoms with Crippen molar-refractivity contribution in [2.45, 2.75) is 36.7 Å². The third-order valence-corrected chi connectivity index (χ3v) is 5.19. The first kappa shape index (κ1) is 14.8. The molecule has 1 aliphatic carbocycles. The van der Waals surface area contributed by atoms with Crippen LogP contribution in [0.2, 0.25) is 5.02 Å². The fourth-order valence-corrected chi connectivity index (χ4v) is 3.77. The van der Waals surface area contributed by atoms with E-state index in [1.807, 2.05) is 0 Å². The van der Waals surface area contributed by atoms with E-state index in [0.29, 0.717) is 5.02 Å². The molecule has 0 heterocycles. The van der Waals surface area contributed by atoms with Gasteiger partial charge in [0.05, 0.1) is 11.0 Å². The van der Waals surface area contributed by atoms with E-state index in [1.54, 1.807) is 12.1 Å². The second-order valence-electron chi connectivity index (χ2n) is 4.92. The van der Waals surface area contributed by atoms with Gasteiger partial charge in [-0.3, -0.25) is 0 Å². The van der Waals surface area contributed by atoms with E-state index >= 15 is 0 Å². The summed E-state index contributed by atoms with van der Waals surface area (Å²) in [5, 5.41) is 10.3. The summed E-state index contributed by atoms with van der Waals surface area (Å²) in [5.74, 6) is 0.210. The third kappa shape index (κ3) is 3.92. The van der Waals surface area contributed by atoms with Crippen LogP contribution in [0.3, 0.4) is 0 Å². The van der Waals surface area contributed by atoms with E-state index in [4.69, 9.17) is 11.6 Å². The number of nitrogens with one attached hydrogen (secondary N) is 1. The van der Waals surface area contributed by atoms with Crippen LogP contribution in [0.15, 0.2) is 29.2 Å². The number of sulfonamides is 1. The van der Waals surface area contributed by atoms with Crippen molar-refractivity contribution in [3.63, 3.8) is 0 Å². The van der Waals surface area contributed by atoms with Gasteiger partial charge in [0.1, 0.15) is 0 Å². The minimum absolute atomic E-state index is 0.0551. The monoisotopic (exact) mass is 303 g/mol. The van der Waals surface area contributed by atoms with E-state index in [1.165, 1.54) is 12.1 Å². The molecule has 2 N–H and O–H groups in total. The molecule has 1 aromatic rings. The largest absolute Gasteiger partial charge is 0.391 e. The van der Waals surface area contributed by atoms with Crippen LogP contribution >= 0.6 is 11.6 Å². The number of halogens is 1. The van der Waals surface area contributed by atoms with Crippen LogP contribution in [0, 0.1) is 5.92 Å². The van der Waals surface area contributed by atoms with Crippen molar-refractivity contribution < 1.29 is 13.5 Å². The summed E-state index contributed by atoms with van der Waals surface area (Å²) in [6, 6.07) is 6.08. The molecule has 0 aromatic heterocycles. The van der Waals surface area contributed by atoms with Crippen LogP contribution in [-0.4, -0.2) is 26.2 Å². The first-order chi connectivity index (χ1) is 8.99. The summed E-state index contributed by atoms with van der Waals surface area (Å²) in [7, 11) is -3.60. The highest BCUT2D eigenvalue weighted by Gasteiger charge is 2.25. The molecular weight excluding hydrogens is 286 g/mol. The Morgan fingerprint density at radius 2 is 2.05 bits per heavy atom. The molecule has 106 valence electrons. The number of benzene rings is 1. The summed E-state index contributed by atoms with van der Waals surface area (Å²) in [6.07, 6.45) is 3.56. The Kier molecular flexibility index (Phi) is 4.84. The lowest BCUT2D eigenvalue weighted by atomic mass is 10.0. The fraction of sp³-hybridized carbons (Fsp3) is 0.538. The van der Waals surface area contributed by atoms with Crippen molar-refractivity contribution in [2.75, 3.05) is 6.54 Å². The van der Waals surface area contributed by atoms with Crippen LogP contribution < -0.4 is 4.72 Å². The van der Waals surface area contributed by atoms with E-state index in [2.05, 4.69) is 4.72 Å². The number of rotatable bonds is 5. The average molecular weight is 304 g/mol. The molecule has 0 spiro atoms. The summed E-state index contributed by atoms with van der Waals surface area (Å²) < 4.78 is 26.5. The van der Waals surface area contributed by atoms with E-state index in [-0.39, 0.29) is 17.4 Å². The SMILES string of the molecule is O=S(=O)(NC[C@H](O)C1CCCC1)c1cccc(Cl)c1. The van der Waals surface area contributed by atoms with Crippen LogP contribution in [0.4, 0.5) is 0 Å². The number of hydrogen-bond acceptors (Lipinski definition) is 3. The van der Waals surface area contributed by atoms with Crippen LogP contribution in [0.5, 0.6) is 0 Å². The Labute approximate surface area is 118 Å². The van der Waals surface area contributed by atoms with Crippen LogP contribution in [-0.2, 0) is 10.0 Å². The van der Waals surface area contributed by atoms with Crippen LogP contribution in [0.25, 0.3) is 0 Å². The van der Waals surface area contributed by atoms with Gasteiger partial charge in [-0.05, 0) is 37.0 Å².